The molecule has 0 atom stereocenters. The molecule has 0 amide bonds. The molecule has 0 spiro atoms. The highest BCUT2D eigenvalue weighted by atomic mass is 16.5. The lowest BCUT2D eigenvalue weighted by molar-refractivity contribution is -0.140. The lowest BCUT2D eigenvalue weighted by Gasteiger charge is -2.20. The number of fused-ring (bicyclic) bond motifs is 2. The zero-order valence-electron chi connectivity index (χ0n) is 20.0. The molecule has 5 rings (SSSR count). The van der Waals surface area contributed by atoms with Crippen LogP contribution in [0.5, 0.6) is 5.75 Å². The van der Waals surface area contributed by atoms with Crippen LogP contribution in [-0.2, 0) is 42.3 Å². The van der Waals surface area contributed by atoms with Crippen molar-refractivity contribution in [3.05, 3.63) is 83.0 Å². The maximum atomic E-state index is 11.8. The zero-order valence-corrected chi connectivity index (χ0v) is 20.0. The SMILES string of the molecule is CCc1cc(OC2Cc3ccccc3C2)c(-c2ccc3c(cnn3C)c2)cc1CCC(=O)OC. The van der Waals surface area contributed by atoms with Gasteiger partial charge in [-0.15, -0.1) is 0 Å². The molecule has 0 unspecified atom stereocenters. The van der Waals surface area contributed by atoms with Crippen molar-refractivity contribution in [3.8, 4) is 16.9 Å². The van der Waals surface area contributed by atoms with E-state index in [1.54, 1.807) is 0 Å². The van der Waals surface area contributed by atoms with E-state index in [1.807, 2.05) is 17.9 Å². The van der Waals surface area contributed by atoms with E-state index >= 15 is 0 Å². The second-order valence-electron chi connectivity index (χ2n) is 9.01. The Morgan fingerprint density at radius 3 is 2.53 bits per heavy atom. The molecule has 5 nitrogen and oxygen atoms in total. The Morgan fingerprint density at radius 1 is 1.06 bits per heavy atom. The Hall–Kier alpha value is -3.60. The molecular formula is C29H30N2O3. The lowest BCUT2D eigenvalue weighted by Crippen LogP contribution is -2.17. The lowest BCUT2D eigenvalue weighted by atomic mass is 9.93. The molecule has 0 N–H and O–H groups in total. The van der Waals surface area contributed by atoms with E-state index in [1.165, 1.54) is 23.8 Å². The predicted octanol–water partition coefficient (Wildman–Crippen LogP) is 5.45. The number of aromatic nitrogens is 2. The molecule has 1 aromatic heterocycles. The highest BCUT2D eigenvalue weighted by Gasteiger charge is 2.24. The number of aryl methyl sites for hydroxylation is 3. The number of nitrogens with zero attached hydrogens (tertiary/aromatic N) is 2. The van der Waals surface area contributed by atoms with Crippen LogP contribution in [0.15, 0.2) is 60.8 Å². The topological polar surface area (TPSA) is 53.4 Å². The van der Waals surface area contributed by atoms with E-state index in [-0.39, 0.29) is 12.1 Å². The summed E-state index contributed by atoms with van der Waals surface area (Å²) in [5, 5.41) is 5.49. The van der Waals surface area contributed by atoms with Gasteiger partial charge in [0.25, 0.3) is 0 Å². The molecule has 0 fully saturated rings. The smallest absolute Gasteiger partial charge is 0.305 e. The molecule has 0 radical (unpaired) electrons. The Morgan fingerprint density at radius 2 is 1.82 bits per heavy atom. The Kier molecular flexibility index (Phi) is 6.10. The second kappa shape index (κ2) is 9.34. The Balaban J connectivity index is 1.54. The fraction of sp³-hybridized carbons (Fsp3) is 0.310. The van der Waals surface area contributed by atoms with Gasteiger partial charge >= 0.3 is 5.97 Å². The van der Waals surface area contributed by atoms with Gasteiger partial charge in [-0.05, 0) is 64.9 Å². The number of methoxy groups -OCH3 is 1. The minimum atomic E-state index is -0.190. The van der Waals surface area contributed by atoms with Gasteiger partial charge in [-0.25, -0.2) is 0 Å². The second-order valence-corrected chi connectivity index (χ2v) is 9.01. The van der Waals surface area contributed by atoms with Crippen LogP contribution in [0, 0.1) is 0 Å². The molecule has 34 heavy (non-hydrogen) atoms. The molecule has 5 heteroatoms. The van der Waals surface area contributed by atoms with Crippen LogP contribution in [0.25, 0.3) is 22.0 Å². The van der Waals surface area contributed by atoms with Crippen LogP contribution in [0.2, 0.25) is 0 Å². The number of carbonyl (C=O) groups is 1. The van der Waals surface area contributed by atoms with E-state index in [0.717, 1.165) is 52.6 Å². The van der Waals surface area contributed by atoms with Crippen LogP contribution in [0.4, 0.5) is 0 Å². The first kappa shape index (κ1) is 22.2. The van der Waals surface area contributed by atoms with Gasteiger partial charge in [0, 0.05) is 37.3 Å². The third-order valence-corrected chi connectivity index (χ3v) is 6.87. The van der Waals surface area contributed by atoms with E-state index < -0.39 is 0 Å². The van der Waals surface area contributed by atoms with Gasteiger partial charge in [0.2, 0.25) is 0 Å². The number of benzene rings is 3. The maximum absolute atomic E-state index is 11.8. The summed E-state index contributed by atoms with van der Waals surface area (Å²) in [5.74, 6) is 0.712. The number of esters is 1. The van der Waals surface area contributed by atoms with Crippen LogP contribution in [-0.4, -0.2) is 29.0 Å². The number of ether oxygens (including phenoxy) is 2. The molecule has 3 aromatic carbocycles. The van der Waals surface area contributed by atoms with Crippen molar-refractivity contribution in [3.63, 3.8) is 0 Å². The van der Waals surface area contributed by atoms with Gasteiger partial charge in [0.15, 0.2) is 0 Å². The number of hydrogen-bond acceptors (Lipinski definition) is 4. The van der Waals surface area contributed by atoms with Gasteiger partial charge in [-0.3, -0.25) is 9.48 Å². The van der Waals surface area contributed by atoms with Crippen molar-refractivity contribution in [1.82, 2.24) is 9.78 Å². The normalized spacial score (nSPS) is 13.3. The van der Waals surface area contributed by atoms with Crippen LogP contribution in [0.1, 0.15) is 35.6 Å². The monoisotopic (exact) mass is 454 g/mol. The number of carbonyl (C=O) groups excluding carboxylic acids is 1. The minimum absolute atomic E-state index is 0.115. The first-order valence-electron chi connectivity index (χ1n) is 11.9. The molecule has 4 aromatic rings. The summed E-state index contributed by atoms with van der Waals surface area (Å²) in [7, 11) is 3.39. The summed E-state index contributed by atoms with van der Waals surface area (Å²) in [6.45, 7) is 2.15. The molecule has 0 saturated heterocycles. The molecule has 0 aliphatic heterocycles. The average Bonchev–Trinajstić information content (AvgIpc) is 3.44. The Bertz CT molecular complexity index is 1330. The van der Waals surface area contributed by atoms with Crippen molar-refractivity contribution < 1.29 is 14.3 Å². The van der Waals surface area contributed by atoms with Crippen LogP contribution >= 0.6 is 0 Å². The summed E-state index contributed by atoms with van der Waals surface area (Å²) in [6, 6.07) is 19.4. The first-order chi connectivity index (χ1) is 16.6. The first-order valence-corrected chi connectivity index (χ1v) is 11.9. The summed E-state index contributed by atoms with van der Waals surface area (Å²) < 4.78 is 13.5. The zero-order chi connectivity index (χ0) is 23.7. The molecule has 1 aliphatic rings. The Labute approximate surface area is 200 Å². The standard InChI is InChI=1S/C29H30N2O3/c1-4-19-17-28(34-25-14-20-7-5-6-8-21(20)15-25)26(16-22(19)10-12-29(32)33-3)23-9-11-27-24(13-23)18-30-31(27)2/h5-9,11,13,16-18,25H,4,10,12,14-15H2,1-3H3. The number of rotatable bonds is 7. The van der Waals surface area contributed by atoms with Crippen molar-refractivity contribution >= 4 is 16.9 Å². The predicted molar refractivity (Wildman–Crippen MR) is 134 cm³/mol. The minimum Gasteiger partial charge on any atom is -0.489 e. The van der Waals surface area contributed by atoms with E-state index in [4.69, 9.17) is 9.47 Å². The summed E-state index contributed by atoms with van der Waals surface area (Å²) >= 11 is 0. The summed E-state index contributed by atoms with van der Waals surface area (Å²) in [4.78, 5) is 11.8. The fourth-order valence-corrected chi connectivity index (χ4v) is 5.00. The molecule has 0 saturated carbocycles. The van der Waals surface area contributed by atoms with E-state index in [2.05, 4.69) is 66.6 Å². The quantitative estimate of drug-likeness (QED) is 0.348. The fourth-order valence-electron chi connectivity index (χ4n) is 5.00. The summed E-state index contributed by atoms with van der Waals surface area (Å²) in [5.41, 5.74) is 8.35. The third-order valence-electron chi connectivity index (χ3n) is 6.87. The van der Waals surface area contributed by atoms with E-state index in [0.29, 0.717) is 12.8 Å². The van der Waals surface area contributed by atoms with Gasteiger partial charge in [-0.1, -0.05) is 37.3 Å². The van der Waals surface area contributed by atoms with Crippen molar-refractivity contribution in [2.45, 2.75) is 45.1 Å². The van der Waals surface area contributed by atoms with Gasteiger partial charge in [0.05, 0.1) is 18.8 Å². The third kappa shape index (κ3) is 4.30. The maximum Gasteiger partial charge on any atom is 0.305 e. The van der Waals surface area contributed by atoms with Gasteiger partial charge in [-0.2, -0.15) is 5.10 Å². The largest absolute Gasteiger partial charge is 0.489 e. The molecule has 1 aliphatic carbocycles. The number of hydrogen-bond donors (Lipinski definition) is 0. The highest BCUT2D eigenvalue weighted by molar-refractivity contribution is 5.86. The molecule has 174 valence electrons. The van der Waals surface area contributed by atoms with Crippen LogP contribution in [0.3, 0.4) is 0 Å². The van der Waals surface area contributed by atoms with E-state index in [9.17, 15) is 4.79 Å². The van der Waals surface area contributed by atoms with Crippen molar-refractivity contribution in [1.29, 1.82) is 0 Å². The van der Waals surface area contributed by atoms with Gasteiger partial charge in [0.1, 0.15) is 11.9 Å². The average molecular weight is 455 g/mol. The summed E-state index contributed by atoms with van der Waals surface area (Å²) in [6.07, 6.45) is 5.73. The van der Waals surface area contributed by atoms with Crippen LogP contribution < -0.4 is 4.74 Å². The van der Waals surface area contributed by atoms with Crippen molar-refractivity contribution in [2.24, 2.45) is 7.05 Å². The molecule has 0 bridgehead atoms. The molecular weight excluding hydrogens is 424 g/mol. The van der Waals surface area contributed by atoms with Gasteiger partial charge < -0.3 is 9.47 Å². The highest BCUT2D eigenvalue weighted by Crippen LogP contribution is 2.37. The van der Waals surface area contributed by atoms with Crippen molar-refractivity contribution in [2.75, 3.05) is 7.11 Å². The molecule has 1 heterocycles.